The summed E-state index contributed by atoms with van der Waals surface area (Å²) in [6, 6.07) is 21.9. The largest absolute Gasteiger partial charge is 0.508 e. The molecule has 0 saturated heterocycles. The minimum absolute atomic E-state index is 0.115. The Kier molecular flexibility index (Phi) is 9.74. The fourth-order valence-electron chi connectivity index (χ4n) is 5.99. The van der Waals surface area contributed by atoms with E-state index in [0.717, 1.165) is 12.1 Å². The Balaban J connectivity index is 1.12. The number of benzene rings is 6. The van der Waals surface area contributed by atoms with Gasteiger partial charge in [-0.15, -0.1) is 0 Å². The number of carbonyl (C=O) groups excluding carboxylic acids is 3. The quantitative estimate of drug-likeness (QED) is 0.0795. The minimum Gasteiger partial charge on any atom is -0.508 e. The summed E-state index contributed by atoms with van der Waals surface area (Å²) in [4.78, 5) is 37.8. The predicted molar refractivity (Wildman–Crippen MR) is 200 cm³/mol. The fraction of sp³-hybridized carbons (Fsp3) is 0.0541. The van der Waals surface area contributed by atoms with Crippen LogP contribution in [0.4, 0.5) is 27.5 Å². The first-order chi connectivity index (χ1) is 25.4. The number of phenolic OH excluding ortho intramolecular Hbond substituents is 2. The number of carbonyl (C=O) groups is 3. The van der Waals surface area contributed by atoms with Crippen molar-refractivity contribution in [3.63, 3.8) is 0 Å². The van der Waals surface area contributed by atoms with Gasteiger partial charge in [-0.3, -0.25) is 29.3 Å². The van der Waals surface area contributed by atoms with Crippen LogP contribution < -0.4 is 21.3 Å². The maximum atomic E-state index is 13.0. The summed E-state index contributed by atoms with van der Waals surface area (Å²) in [5.74, 6) is -2.36. The van der Waals surface area contributed by atoms with Crippen molar-refractivity contribution in [1.82, 2.24) is 10.6 Å². The van der Waals surface area contributed by atoms with Gasteiger partial charge in [0.1, 0.15) is 21.3 Å². The number of anilines is 4. The molecule has 0 radical (unpaired) electrons. The van der Waals surface area contributed by atoms with Crippen molar-refractivity contribution in [3.8, 4) is 11.5 Å². The predicted octanol–water partition coefficient (Wildman–Crippen LogP) is 6.28. The summed E-state index contributed by atoms with van der Waals surface area (Å²) in [7, 11) is -9.28. The smallest absolute Gasteiger partial charge is 0.328 e. The molecule has 6 rings (SSSR count). The number of rotatable bonds is 8. The molecule has 0 aromatic heterocycles. The van der Waals surface area contributed by atoms with Gasteiger partial charge in [-0.2, -0.15) is 16.8 Å². The highest BCUT2D eigenvalue weighted by atomic mass is 32.2. The summed E-state index contributed by atoms with van der Waals surface area (Å²) in [5, 5.41) is 31.6. The maximum Gasteiger partial charge on any atom is 0.328 e. The van der Waals surface area contributed by atoms with Crippen LogP contribution in [-0.2, 0) is 20.2 Å². The van der Waals surface area contributed by atoms with Gasteiger partial charge >= 0.3 is 6.03 Å². The standard InChI is InChI=1S/C37H30N4O11S2/c1-19-13-21(38-31-7-3-5-27-29(31)15-23(42)17-33(27)53(47,48)49)9-11-25(19)35(44)40-37(46)41-36(45)26-12-10-22(14-20(26)2)39-32-8-4-6-28-30(32)16-24(43)18-34(28)54(50,51)52/h3-18,38-39,42-43H,1-2H3,(H,47,48,49)(H,50,51,52)(H2,40,41,44,45,46). The van der Waals surface area contributed by atoms with E-state index in [9.17, 15) is 50.5 Å². The summed E-state index contributed by atoms with van der Waals surface area (Å²) in [5.41, 5.74) is 2.84. The number of aromatic hydroxyl groups is 2. The number of urea groups is 1. The molecule has 0 aliphatic heterocycles. The van der Waals surface area contributed by atoms with E-state index in [1.807, 2.05) is 0 Å². The highest BCUT2D eigenvalue weighted by Gasteiger charge is 2.21. The Morgan fingerprint density at radius 2 is 0.907 bits per heavy atom. The average molecular weight is 771 g/mol. The zero-order valence-corrected chi connectivity index (χ0v) is 29.8. The van der Waals surface area contributed by atoms with E-state index < -0.39 is 47.9 Å². The molecule has 15 nitrogen and oxygen atoms in total. The van der Waals surface area contributed by atoms with Crippen LogP contribution >= 0.6 is 0 Å². The molecule has 0 aliphatic carbocycles. The molecule has 276 valence electrons. The fourth-order valence-corrected chi connectivity index (χ4v) is 7.45. The molecule has 0 aliphatic rings. The van der Waals surface area contributed by atoms with Gasteiger partial charge in [-0.05, 0) is 85.6 Å². The Morgan fingerprint density at radius 1 is 0.519 bits per heavy atom. The third-order valence-corrected chi connectivity index (χ3v) is 10.2. The van der Waals surface area contributed by atoms with Crippen LogP contribution in [0, 0.1) is 13.8 Å². The number of phenols is 2. The molecule has 54 heavy (non-hydrogen) atoms. The molecule has 6 aromatic carbocycles. The van der Waals surface area contributed by atoms with E-state index in [0.29, 0.717) is 44.6 Å². The third-order valence-electron chi connectivity index (χ3n) is 8.40. The Bertz CT molecular complexity index is 2600. The second-order valence-electron chi connectivity index (χ2n) is 12.2. The minimum atomic E-state index is -4.64. The van der Waals surface area contributed by atoms with Crippen molar-refractivity contribution in [2.24, 2.45) is 0 Å². The molecule has 0 unspecified atom stereocenters. The lowest BCUT2D eigenvalue weighted by Crippen LogP contribution is -2.42. The van der Waals surface area contributed by atoms with Crippen molar-refractivity contribution < 1.29 is 50.5 Å². The molecular formula is C37H30N4O11S2. The van der Waals surface area contributed by atoms with E-state index in [4.69, 9.17) is 0 Å². The first kappa shape index (κ1) is 37.2. The molecule has 0 fully saturated rings. The SMILES string of the molecule is Cc1cc(Nc2cccc3c(S(=O)(=O)O)cc(O)cc23)ccc1C(=O)NC(=O)NC(=O)c1ccc(Nc2cccc3c(S(=O)(=O)O)cc(O)cc23)cc1C. The lowest BCUT2D eigenvalue weighted by atomic mass is 10.1. The lowest BCUT2D eigenvalue weighted by molar-refractivity contribution is 0.0944. The van der Waals surface area contributed by atoms with Gasteiger partial charge in [-0.1, -0.05) is 24.3 Å². The van der Waals surface area contributed by atoms with E-state index in [2.05, 4.69) is 21.3 Å². The van der Waals surface area contributed by atoms with Crippen molar-refractivity contribution in [3.05, 3.63) is 119 Å². The Labute approximate surface area is 307 Å². The van der Waals surface area contributed by atoms with E-state index in [1.54, 1.807) is 50.2 Å². The molecule has 4 amide bonds. The van der Waals surface area contributed by atoms with Gasteiger partial charge in [-0.25, -0.2) is 4.79 Å². The second-order valence-corrected chi connectivity index (χ2v) is 15.0. The van der Waals surface area contributed by atoms with Gasteiger partial charge < -0.3 is 20.8 Å². The number of aryl methyl sites for hydroxylation is 2. The van der Waals surface area contributed by atoms with Gasteiger partial charge in [0.25, 0.3) is 32.1 Å². The molecule has 8 N–H and O–H groups in total. The van der Waals surface area contributed by atoms with E-state index in [1.165, 1.54) is 48.5 Å². The summed E-state index contributed by atoms with van der Waals surface area (Å²) in [6.07, 6.45) is 0. The summed E-state index contributed by atoms with van der Waals surface area (Å²) in [6.45, 7) is 3.23. The lowest BCUT2D eigenvalue weighted by Gasteiger charge is -2.14. The monoisotopic (exact) mass is 770 g/mol. The van der Waals surface area contributed by atoms with Crippen molar-refractivity contribution in [2.45, 2.75) is 23.6 Å². The topological polar surface area (TPSA) is 249 Å². The number of nitrogens with one attached hydrogen (secondary N) is 4. The number of amides is 4. The number of fused-ring (bicyclic) bond motifs is 2. The molecular weight excluding hydrogens is 741 g/mol. The molecule has 17 heteroatoms. The van der Waals surface area contributed by atoms with Crippen LogP contribution in [0.25, 0.3) is 21.5 Å². The normalized spacial score (nSPS) is 11.6. The number of hydrogen-bond acceptors (Lipinski definition) is 11. The summed E-state index contributed by atoms with van der Waals surface area (Å²) >= 11 is 0. The molecule has 0 bridgehead atoms. The summed E-state index contributed by atoms with van der Waals surface area (Å²) < 4.78 is 66.8. The average Bonchev–Trinajstić information content (AvgIpc) is 3.07. The van der Waals surface area contributed by atoms with Gasteiger partial charge in [0.15, 0.2) is 0 Å². The van der Waals surface area contributed by atoms with E-state index >= 15 is 0 Å². The number of hydrogen-bond donors (Lipinski definition) is 8. The molecule has 0 spiro atoms. The Hall–Kier alpha value is -6.53. The van der Waals surface area contributed by atoms with Gasteiger partial charge in [0.05, 0.1) is 0 Å². The van der Waals surface area contributed by atoms with Crippen LogP contribution in [0.5, 0.6) is 11.5 Å². The Morgan fingerprint density at radius 3 is 1.26 bits per heavy atom. The van der Waals surface area contributed by atoms with Crippen LogP contribution in [0.15, 0.2) is 107 Å². The van der Waals surface area contributed by atoms with Crippen molar-refractivity contribution in [1.29, 1.82) is 0 Å². The first-order valence-electron chi connectivity index (χ1n) is 15.8. The van der Waals surface area contributed by atoms with Crippen LogP contribution in [-0.4, -0.2) is 54.0 Å². The van der Waals surface area contributed by atoms with Crippen molar-refractivity contribution in [2.75, 3.05) is 10.6 Å². The van der Waals surface area contributed by atoms with Gasteiger partial charge in [0.2, 0.25) is 0 Å². The van der Waals surface area contributed by atoms with E-state index in [-0.39, 0.29) is 33.4 Å². The molecule has 0 saturated carbocycles. The van der Waals surface area contributed by atoms with Crippen LogP contribution in [0.2, 0.25) is 0 Å². The zero-order valence-electron chi connectivity index (χ0n) is 28.2. The van der Waals surface area contributed by atoms with Crippen LogP contribution in [0.1, 0.15) is 31.8 Å². The molecule has 0 heterocycles. The molecule has 0 atom stereocenters. The van der Waals surface area contributed by atoms with Gasteiger partial charge in [0, 0.05) is 67.6 Å². The zero-order chi connectivity index (χ0) is 39.1. The maximum absolute atomic E-state index is 13.0. The van der Waals surface area contributed by atoms with Crippen molar-refractivity contribution >= 4 is 82.4 Å². The highest BCUT2D eigenvalue weighted by Crippen LogP contribution is 2.36. The van der Waals surface area contributed by atoms with Crippen LogP contribution in [0.3, 0.4) is 0 Å². The highest BCUT2D eigenvalue weighted by molar-refractivity contribution is 7.86. The second kappa shape index (κ2) is 14.1. The first-order valence-corrected chi connectivity index (χ1v) is 18.7. The number of imide groups is 2. The third kappa shape index (κ3) is 7.79. The molecule has 6 aromatic rings.